The predicted molar refractivity (Wildman–Crippen MR) is 54.0 cm³/mol. The third-order valence-corrected chi connectivity index (χ3v) is 1.87. The molecule has 0 aliphatic heterocycles. The molecule has 0 aliphatic carbocycles. The lowest BCUT2D eigenvalue weighted by Gasteiger charge is -2.12. The summed E-state index contributed by atoms with van der Waals surface area (Å²) in [5.74, 6) is -0.262. The van der Waals surface area contributed by atoms with Crippen molar-refractivity contribution in [1.29, 1.82) is 0 Å². The quantitative estimate of drug-likeness (QED) is 0.588. The smallest absolute Gasteiger partial charge is 0.226 e. The van der Waals surface area contributed by atoms with E-state index in [9.17, 15) is 4.79 Å². The number of hydrogen-bond donors (Lipinski definition) is 3. The number of nitrogens with one attached hydrogen (secondary N) is 1. The molecule has 0 radical (unpaired) electrons. The number of aliphatic hydroxyl groups is 2. The highest BCUT2D eigenvalue weighted by atomic mass is 16.3. The molecule has 0 aromatic carbocycles. The van der Waals surface area contributed by atoms with Crippen LogP contribution < -0.4 is 5.32 Å². The van der Waals surface area contributed by atoms with Crippen molar-refractivity contribution in [3.63, 3.8) is 0 Å². The summed E-state index contributed by atoms with van der Waals surface area (Å²) in [7, 11) is 0. The van der Waals surface area contributed by atoms with E-state index < -0.39 is 6.04 Å². The largest absolute Gasteiger partial charge is 0.394 e. The van der Waals surface area contributed by atoms with Gasteiger partial charge in [-0.05, 0) is 12.1 Å². The number of carbonyl (C=O) groups excluding carboxylic acids is 1. The van der Waals surface area contributed by atoms with Crippen molar-refractivity contribution in [2.75, 3.05) is 13.2 Å². The van der Waals surface area contributed by atoms with Gasteiger partial charge in [0.15, 0.2) is 0 Å². The van der Waals surface area contributed by atoms with Gasteiger partial charge in [0.2, 0.25) is 5.91 Å². The minimum atomic E-state index is -0.596. The molecule has 1 heterocycles. The van der Waals surface area contributed by atoms with E-state index in [-0.39, 0.29) is 25.5 Å². The monoisotopic (exact) mass is 210 g/mol. The molecule has 1 aromatic heterocycles. The zero-order valence-corrected chi connectivity index (χ0v) is 8.26. The molecule has 0 aliphatic rings. The van der Waals surface area contributed by atoms with Crippen molar-refractivity contribution in [2.24, 2.45) is 0 Å². The summed E-state index contributed by atoms with van der Waals surface area (Å²) in [6.45, 7) is -0.547. The van der Waals surface area contributed by atoms with Crippen LogP contribution in [0.1, 0.15) is 5.69 Å². The molecule has 5 nitrogen and oxygen atoms in total. The second kappa shape index (κ2) is 6.10. The fourth-order valence-electron chi connectivity index (χ4n) is 1.09. The summed E-state index contributed by atoms with van der Waals surface area (Å²) in [6.07, 6.45) is 1.76. The van der Waals surface area contributed by atoms with Gasteiger partial charge in [-0.2, -0.15) is 0 Å². The lowest BCUT2D eigenvalue weighted by molar-refractivity contribution is -0.121. The highest BCUT2D eigenvalue weighted by molar-refractivity contribution is 5.78. The van der Waals surface area contributed by atoms with E-state index in [1.165, 1.54) is 0 Å². The van der Waals surface area contributed by atoms with Crippen LogP contribution in [0.4, 0.5) is 0 Å². The van der Waals surface area contributed by atoms with Gasteiger partial charge < -0.3 is 15.5 Å². The first-order chi connectivity index (χ1) is 7.26. The normalized spacial score (nSPS) is 10.3. The maximum atomic E-state index is 11.4. The molecule has 15 heavy (non-hydrogen) atoms. The molecular weight excluding hydrogens is 196 g/mol. The maximum Gasteiger partial charge on any atom is 0.226 e. The Morgan fingerprint density at radius 1 is 1.40 bits per heavy atom. The van der Waals surface area contributed by atoms with Crippen molar-refractivity contribution >= 4 is 5.91 Å². The number of rotatable bonds is 5. The molecule has 82 valence electrons. The Kier molecular flexibility index (Phi) is 4.73. The first-order valence-corrected chi connectivity index (χ1v) is 4.67. The minimum Gasteiger partial charge on any atom is -0.394 e. The molecule has 0 spiro atoms. The van der Waals surface area contributed by atoms with E-state index in [1.54, 1.807) is 24.4 Å². The zero-order chi connectivity index (χ0) is 11.1. The number of aromatic nitrogens is 1. The number of nitrogens with zero attached hydrogens (tertiary/aromatic N) is 1. The number of carbonyl (C=O) groups is 1. The van der Waals surface area contributed by atoms with Crippen LogP contribution in [-0.4, -0.2) is 40.4 Å². The minimum absolute atomic E-state index is 0.150. The van der Waals surface area contributed by atoms with E-state index in [0.717, 1.165) is 0 Å². The predicted octanol–water partition coefficient (Wildman–Crippen LogP) is -0.907. The van der Waals surface area contributed by atoms with Gasteiger partial charge in [-0.3, -0.25) is 9.78 Å². The van der Waals surface area contributed by atoms with E-state index in [2.05, 4.69) is 10.3 Å². The second-order valence-electron chi connectivity index (χ2n) is 3.13. The van der Waals surface area contributed by atoms with Crippen LogP contribution in [0.3, 0.4) is 0 Å². The number of pyridine rings is 1. The van der Waals surface area contributed by atoms with Crippen LogP contribution in [0.15, 0.2) is 24.4 Å². The molecule has 0 unspecified atom stereocenters. The number of aliphatic hydroxyl groups excluding tert-OH is 2. The molecule has 1 amide bonds. The molecular formula is C10H14N2O3. The fraction of sp³-hybridized carbons (Fsp3) is 0.400. The summed E-state index contributed by atoms with van der Waals surface area (Å²) in [5, 5.41) is 20.0. The van der Waals surface area contributed by atoms with Gasteiger partial charge in [0.05, 0.1) is 25.7 Å². The Morgan fingerprint density at radius 2 is 2.13 bits per heavy atom. The lowest BCUT2D eigenvalue weighted by atomic mass is 10.2. The summed E-state index contributed by atoms with van der Waals surface area (Å²) >= 11 is 0. The molecule has 1 aromatic rings. The van der Waals surface area contributed by atoms with Crippen LogP contribution in [0, 0.1) is 0 Å². The Bertz CT molecular complexity index is 299. The van der Waals surface area contributed by atoms with Crippen molar-refractivity contribution in [2.45, 2.75) is 12.5 Å². The van der Waals surface area contributed by atoms with Crippen LogP contribution in [0.5, 0.6) is 0 Å². The SMILES string of the molecule is O=C(Cc1ccccn1)NC(CO)CO. The van der Waals surface area contributed by atoms with Gasteiger partial charge in [0, 0.05) is 11.9 Å². The lowest BCUT2D eigenvalue weighted by Crippen LogP contribution is -2.40. The Balaban J connectivity index is 2.43. The van der Waals surface area contributed by atoms with Crippen molar-refractivity contribution in [3.8, 4) is 0 Å². The highest BCUT2D eigenvalue weighted by Gasteiger charge is 2.10. The first-order valence-electron chi connectivity index (χ1n) is 4.67. The van der Waals surface area contributed by atoms with Gasteiger partial charge in [-0.15, -0.1) is 0 Å². The van der Waals surface area contributed by atoms with Gasteiger partial charge >= 0.3 is 0 Å². The number of hydrogen-bond acceptors (Lipinski definition) is 4. The van der Waals surface area contributed by atoms with E-state index in [0.29, 0.717) is 5.69 Å². The maximum absolute atomic E-state index is 11.4. The Labute approximate surface area is 87.8 Å². The fourth-order valence-corrected chi connectivity index (χ4v) is 1.09. The van der Waals surface area contributed by atoms with Crippen LogP contribution in [0.25, 0.3) is 0 Å². The average molecular weight is 210 g/mol. The van der Waals surface area contributed by atoms with E-state index in [4.69, 9.17) is 10.2 Å². The highest BCUT2D eigenvalue weighted by Crippen LogP contribution is 1.94. The first kappa shape index (κ1) is 11.6. The zero-order valence-electron chi connectivity index (χ0n) is 8.26. The molecule has 3 N–H and O–H groups in total. The second-order valence-corrected chi connectivity index (χ2v) is 3.13. The summed E-state index contributed by atoms with van der Waals surface area (Å²) in [4.78, 5) is 15.4. The molecule has 0 fully saturated rings. The average Bonchev–Trinajstić information content (AvgIpc) is 2.27. The standard InChI is InChI=1S/C10H14N2O3/c13-6-9(7-14)12-10(15)5-8-3-1-2-4-11-8/h1-4,9,13-14H,5-7H2,(H,12,15). The van der Waals surface area contributed by atoms with Crippen molar-refractivity contribution in [3.05, 3.63) is 30.1 Å². The van der Waals surface area contributed by atoms with E-state index in [1.807, 2.05) is 0 Å². The van der Waals surface area contributed by atoms with Gasteiger partial charge in [0.1, 0.15) is 0 Å². The molecule has 5 heteroatoms. The number of amides is 1. The molecule has 1 rings (SSSR count). The van der Waals surface area contributed by atoms with Crippen LogP contribution >= 0.6 is 0 Å². The van der Waals surface area contributed by atoms with Gasteiger partial charge in [0.25, 0.3) is 0 Å². The Hall–Kier alpha value is -1.46. The van der Waals surface area contributed by atoms with Crippen LogP contribution in [-0.2, 0) is 11.2 Å². The Morgan fingerprint density at radius 3 is 2.67 bits per heavy atom. The third kappa shape index (κ3) is 4.05. The topological polar surface area (TPSA) is 82.5 Å². The molecule has 0 bridgehead atoms. The van der Waals surface area contributed by atoms with Crippen molar-refractivity contribution < 1.29 is 15.0 Å². The van der Waals surface area contributed by atoms with Gasteiger partial charge in [-0.1, -0.05) is 6.07 Å². The summed E-state index contributed by atoms with van der Waals surface area (Å²) in [6, 6.07) is 4.71. The molecule has 0 atom stereocenters. The summed E-state index contributed by atoms with van der Waals surface area (Å²) in [5.41, 5.74) is 0.657. The van der Waals surface area contributed by atoms with E-state index >= 15 is 0 Å². The van der Waals surface area contributed by atoms with Gasteiger partial charge in [-0.25, -0.2) is 0 Å². The molecule has 0 saturated carbocycles. The summed E-state index contributed by atoms with van der Waals surface area (Å²) < 4.78 is 0. The van der Waals surface area contributed by atoms with Crippen molar-refractivity contribution in [1.82, 2.24) is 10.3 Å². The third-order valence-electron chi connectivity index (χ3n) is 1.87. The molecule has 0 saturated heterocycles. The van der Waals surface area contributed by atoms with Crippen LogP contribution in [0.2, 0.25) is 0 Å².